The fourth-order valence-electron chi connectivity index (χ4n) is 6.14. The van der Waals surface area contributed by atoms with Crippen molar-refractivity contribution in [3.63, 3.8) is 0 Å². The van der Waals surface area contributed by atoms with Crippen LogP contribution >= 0.6 is 7.82 Å². The summed E-state index contributed by atoms with van der Waals surface area (Å²) in [5, 5.41) is 34.2. The lowest BCUT2D eigenvalue weighted by Crippen LogP contribution is -2.59. The van der Waals surface area contributed by atoms with E-state index in [1.807, 2.05) is 11.6 Å². The van der Waals surface area contributed by atoms with E-state index in [1.165, 1.54) is 24.4 Å². The zero-order valence-electron chi connectivity index (χ0n) is 26.9. The minimum absolute atomic E-state index is 0.109. The standard InChI is InChI=1S/C32H35FN9O4P/c1-18-24(7-8-27(33)37-18)30(26-17-41(40-39-26)32-11-20(12-32)13-32)42(46-47(43,44)45-6)23-9-21(14-34)28-25(10-23)29(22(15-35)16-36-28)38-19(2)31(3,4)5/h7-10,16-17,19-20,30H,11-13H2,1-6H3,(H,36,38)(H,43,44)/t19-,20?,30+,32?/m1/s1. The van der Waals surface area contributed by atoms with Gasteiger partial charge in [-0.15, -0.1) is 5.10 Å². The summed E-state index contributed by atoms with van der Waals surface area (Å²) in [4.78, 5) is 19.1. The van der Waals surface area contributed by atoms with E-state index < -0.39 is 19.8 Å². The first-order chi connectivity index (χ1) is 22.2. The van der Waals surface area contributed by atoms with Crippen LogP contribution in [0.5, 0.6) is 0 Å². The number of nitrogens with one attached hydrogen (secondary N) is 1. The number of hydrogen-bond donors (Lipinski definition) is 2. The minimum atomic E-state index is -4.77. The van der Waals surface area contributed by atoms with Gasteiger partial charge in [-0.2, -0.15) is 19.5 Å². The van der Waals surface area contributed by atoms with Gasteiger partial charge < -0.3 is 10.2 Å². The third-order valence-electron chi connectivity index (χ3n) is 9.44. The molecule has 2 bridgehead atoms. The highest BCUT2D eigenvalue weighted by Crippen LogP contribution is 2.62. The summed E-state index contributed by atoms with van der Waals surface area (Å²) < 4.78 is 39.9. The lowest BCUT2D eigenvalue weighted by atomic mass is 9.50. The molecule has 0 radical (unpaired) electrons. The van der Waals surface area contributed by atoms with Crippen molar-refractivity contribution in [1.29, 1.82) is 10.5 Å². The molecule has 244 valence electrons. The summed E-state index contributed by atoms with van der Waals surface area (Å²) in [6.07, 6.45) is 6.12. The van der Waals surface area contributed by atoms with Crippen molar-refractivity contribution in [3.8, 4) is 12.1 Å². The number of pyridine rings is 2. The Kier molecular flexibility index (Phi) is 8.05. The van der Waals surface area contributed by atoms with Crippen molar-refractivity contribution < 1.29 is 23.0 Å². The molecule has 3 aliphatic carbocycles. The van der Waals surface area contributed by atoms with Crippen LogP contribution in [0.3, 0.4) is 0 Å². The molecular formula is C32H35FN9O4P. The number of halogens is 1. The van der Waals surface area contributed by atoms with Crippen molar-refractivity contribution in [2.75, 3.05) is 17.5 Å². The maximum absolute atomic E-state index is 14.3. The molecule has 3 saturated carbocycles. The smallest absolute Gasteiger partial charge is 0.380 e. The van der Waals surface area contributed by atoms with E-state index in [0.29, 0.717) is 33.8 Å². The number of phosphoric acid groups is 1. The Labute approximate surface area is 271 Å². The zero-order chi connectivity index (χ0) is 33.9. The van der Waals surface area contributed by atoms with Crippen LogP contribution in [0.25, 0.3) is 10.9 Å². The van der Waals surface area contributed by atoms with E-state index in [4.69, 9.17) is 9.15 Å². The molecule has 0 amide bonds. The van der Waals surface area contributed by atoms with Crippen LogP contribution in [-0.2, 0) is 19.3 Å². The van der Waals surface area contributed by atoms with Crippen molar-refractivity contribution in [2.45, 2.75) is 71.5 Å². The summed E-state index contributed by atoms with van der Waals surface area (Å²) >= 11 is 0. The van der Waals surface area contributed by atoms with Gasteiger partial charge in [-0.1, -0.05) is 32.1 Å². The van der Waals surface area contributed by atoms with Crippen LogP contribution in [0.4, 0.5) is 15.8 Å². The number of benzene rings is 1. The molecule has 0 aliphatic heterocycles. The molecular weight excluding hydrogens is 624 g/mol. The first-order valence-electron chi connectivity index (χ1n) is 15.2. The molecule has 0 spiro atoms. The summed E-state index contributed by atoms with van der Waals surface area (Å²) in [5.41, 5.74) is 1.88. The quantitative estimate of drug-likeness (QED) is 0.115. The molecule has 4 aromatic rings. The highest BCUT2D eigenvalue weighted by Gasteiger charge is 2.59. The summed E-state index contributed by atoms with van der Waals surface area (Å²) in [7, 11) is -3.75. The molecule has 3 heterocycles. The van der Waals surface area contributed by atoms with E-state index in [9.17, 15) is 24.4 Å². The largest absolute Gasteiger partial charge is 0.493 e. The van der Waals surface area contributed by atoms with Crippen molar-refractivity contribution in [1.82, 2.24) is 25.0 Å². The first kappa shape index (κ1) is 32.5. The Morgan fingerprint density at radius 2 is 1.91 bits per heavy atom. The second-order valence-electron chi connectivity index (χ2n) is 13.5. The molecule has 15 heteroatoms. The van der Waals surface area contributed by atoms with Gasteiger partial charge in [0.25, 0.3) is 0 Å². The number of anilines is 2. The van der Waals surface area contributed by atoms with Crippen molar-refractivity contribution >= 4 is 30.1 Å². The molecule has 3 aliphatic rings. The molecule has 47 heavy (non-hydrogen) atoms. The fraction of sp³-hybridized carbons (Fsp3) is 0.438. The lowest BCUT2D eigenvalue weighted by Gasteiger charge is -2.61. The number of nitrogens with zero attached hydrogens (tertiary/aromatic N) is 8. The third kappa shape index (κ3) is 5.83. The summed E-state index contributed by atoms with van der Waals surface area (Å²) in [6.45, 7) is 9.73. The monoisotopic (exact) mass is 659 g/mol. The Hall–Kier alpha value is -4.46. The van der Waals surface area contributed by atoms with Gasteiger partial charge in [0, 0.05) is 36.0 Å². The summed E-state index contributed by atoms with van der Waals surface area (Å²) in [5.74, 6) is -0.0440. The number of aryl methyl sites for hydroxylation is 1. The number of fused-ring (bicyclic) bond motifs is 1. The highest BCUT2D eigenvalue weighted by molar-refractivity contribution is 7.47. The number of aromatic nitrogens is 5. The van der Waals surface area contributed by atoms with E-state index in [-0.39, 0.29) is 39.5 Å². The predicted molar refractivity (Wildman–Crippen MR) is 170 cm³/mol. The molecule has 1 unspecified atom stereocenters. The van der Waals surface area contributed by atoms with E-state index >= 15 is 0 Å². The molecule has 3 fully saturated rings. The molecule has 2 N–H and O–H groups in total. The SMILES string of the molecule is COP(=O)(O)ON(c1cc(C#N)c2ncc(C#N)c(N[C@H](C)C(C)(C)C)c2c1)[C@H](c1cn(C23CC(C2)C3)nn1)c1ccc(F)nc1C. The number of hydroxylamine groups is 1. The van der Waals surface area contributed by atoms with Gasteiger partial charge in [-0.05, 0) is 62.6 Å². The van der Waals surface area contributed by atoms with Crippen molar-refractivity contribution in [3.05, 3.63) is 70.7 Å². The zero-order valence-corrected chi connectivity index (χ0v) is 27.8. The normalized spacial score (nSPS) is 21.0. The second kappa shape index (κ2) is 11.7. The van der Waals surface area contributed by atoms with E-state index in [0.717, 1.165) is 31.4 Å². The average Bonchev–Trinajstić information content (AvgIpc) is 3.44. The van der Waals surface area contributed by atoms with Gasteiger partial charge in [0.15, 0.2) is 0 Å². The topological polar surface area (TPSA) is 175 Å². The number of nitriles is 2. The van der Waals surface area contributed by atoms with Crippen LogP contribution in [0.2, 0.25) is 0 Å². The second-order valence-corrected chi connectivity index (χ2v) is 14.9. The minimum Gasteiger partial charge on any atom is -0.380 e. The Bertz CT molecular complexity index is 2000. The summed E-state index contributed by atoms with van der Waals surface area (Å²) in [6, 6.07) is 8.84. The van der Waals surface area contributed by atoms with Gasteiger partial charge in [-0.25, -0.2) is 19.3 Å². The van der Waals surface area contributed by atoms with Crippen LogP contribution in [0, 0.1) is 46.9 Å². The number of rotatable bonds is 10. The van der Waals surface area contributed by atoms with Crippen molar-refractivity contribution in [2.24, 2.45) is 11.3 Å². The number of hydrogen-bond acceptors (Lipinski definition) is 11. The van der Waals surface area contributed by atoms with Gasteiger partial charge in [0.1, 0.15) is 23.9 Å². The Morgan fingerprint density at radius 3 is 2.49 bits per heavy atom. The van der Waals surface area contributed by atoms with Crippen LogP contribution in [0.15, 0.2) is 36.7 Å². The molecule has 0 saturated heterocycles. The molecule has 13 nitrogen and oxygen atoms in total. The van der Waals surface area contributed by atoms with E-state index in [1.54, 1.807) is 19.2 Å². The Balaban J connectivity index is 1.60. The lowest BCUT2D eigenvalue weighted by molar-refractivity contribution is -0.0989. The highest BCUT2D eigenvalue weighted by atomic mass is 31.2. The maximum atomic E-state index is 14.3. The first-order valence-corrected chi connectivity index (χ1v) is 16.6. The van der Waals surface area contributed by atoms with Gasteiger partial charge in [-0.3, -0.25) is 9.51 Å². The van der Waals surface area contributed by atoms with Gasteiger partial charge in [0.2, 0.25) is 5.95 Å². The number of phosphoric ester groups is 1. The van der Waals surface area contributed by atoms with Crippen LogP contribution in [-0.4, -0.2) is 43.0 Å². The van der Waals surface area contributed by atoms with Crippen LogP contribution in [0.1, 0.15) is 81.1 Å². The third-order valence-corrected chi connectivity index (χ3v) is 10.3. The molecule has 1 aromatic carbocycles. The fourth-order valence-corrected chi connectivity index (χ4v) is 6.62. The average molecular weight is 660 g/mol. The van der Waals surface area contributed by atoms with Crippen LogP contribution < -0.4 is 10.4 Å². The molecule has 3 atom stereocenters. The van der Waals surface area contributed by atoms with Gasteiger partial charge in [0.05, 0.1) is 39.8 Å². The van der Waals surface area contributed by atoms with Gasteiger partial charge >= 0.3 is 7.82 Å². The Morgan fingerprint density at radius 1 is 1.21 bits per heavy atom. The van der Waals surface area contributed by atoms with E-state index in [2.05, 4.69) is 58.5 Å². The molecule has 7 rings (SSSR count). The predicted octanol–water partition coefficient (Wildman–Crippen LogP) is 6.04. The molecule has 3 aromatic heterocycles. The maximum Gasteiger partial charge on any atom is 0.493 e.